The molecule has 1 atom stereocenters. The van der Waals surface area contributed by atoms with Crippen LogP contribution in [-0.4, -0.2) is 18.0 Å². The van der Waals surface area contributed by atoms with E-state index in [0.29, 0.717) is 5.92 Å². The largest absolute Gasteiger partial charge is 0.378 e. The van der Waals surface area contributed by atoms with Crippen LogP contribution in [0.25, 0.3) is 0 Å². The summed E-state index contributed by atoms with van der Waals surface area (Å²) in [5.41, 5.74) is 1.32. The second kappa shape index (κ2) is 6.29. The number of nitrogens with zero attached hydrogens (tertiary/aromatic N) is 1. The number of piperidine rings is 1. The lowest BCUT2D eigenvalue weighted by molar-refractivity contribution is 0.308. The van der Waals surface area contributed by atoms with E-state index < -0.39 is 0 Å². The van der Waals surface area contributed by atoms with Gasteiger partial charge in [0.2, 0.25) is 0 Å². The Labute approximate surface area is 104 Å². The summed E-state index contributed by atoms with van der Waals surface area (Å²) in [6.45, 7) is 6.34. The third-order valence-corrected chi connectivity index (χ3v) is 3.33. The molecular weight excluding hydrogens is 206 g/mol. The highest BCUT2D eigenvalue weighted by Crippen LogP contribution is 2.19. The fourth-order valence-electron chi connectivity index (χ4n) is 2.28. The fourth-order valence-corrected chi connectivity index (χ4v) is 2.28. The molecule has 17 heavy (non-hydrogen) atoms. The molecule has 0 radical (unpaired) electrons. The molecule has 1 nitrogen and oxygen atoms in total. The molecule has 1 heteroatoms. The molecule has 1 aliphatic rings. The first kappa shape index (κ1) is 12.0. The molecule has 0 N–H and O–H groups in total. The highest BCUT2D eigenvalue weighted by atomic mass is 15.1. The lowest BCUT2D eigenvalue weighted by Gasteiger charge is -2.25. The summed E-state index contributed by atoms with van der Waals surface area (Å²) in [6, 6.07) is 10.5. The standard InChI is InChI=1S/C16H21N/c1-2-15(16-9-5-3-6-10-16)11-14-17-12-7-4-8-13-17/h2-3,5-6,9-11,14-15H,1,4,7-8,12-13H2. The van der Waals surface area contributed by atoms with Gasteiger partial charge in [-0.2, -0.15) is 0 Å². The minimum Gasteiger partial charge on any atom is -0.378 e. The Balaban J connectivity index is 1.99. The maximum Gasteiger partial charge on any atom is 0.0213 e. The van der Waals surface area contributed by atoms with Crippen LogP contribution in [0.3, 0.4) is 0 Å². The van der Waals surface area contributed by atoms with Gasteiger partial charge in [0.05, 0.1) is 0 Å². The van der Waals surface area contributed by atoms with Crippen molar-refractivity contribution in [3.05, 3.63) is 60.8 Å². The molecule has 0 aliphatic carbocycles. The van der Waals surface area contributed by atoms with Gasteiger partial charge in [0.15, 0.2) is 0 Å². The molecular formula is C16H21N. The van der Waals surface area contributed by atoms with E-state index in [1.165, 1.54) is 37.9 Å². The van der Waals surface area contributed by atoms with E-state index in [4.69, 9.17) is 0 Å². The Hall–Kier alpha value is -1.50. The molecule has 1 heterocycles. The van der Waals surface area contributed by atoms with Gasteiger partial charge in [-0.15, -0.1) is 6.58 Å². The summed E-state index contributed by atoms with van der Waals surface area (Å²) in [5, 5.41) is 0. The van der Waals surface area contributed by atoms with Gasteiger partial charge in [-0.25, -0.2) is 0 Å². The zero-order chi connectivity index (χ0) is 11.9. The summed E-state index contributed by atoms with van der Waals surface area (Å²) in [4.78, 5) is 2.42. The Bertz CT molecular complexity index is 360. The number of rotatable bonds is 4. The van der Waals surface area contributed by atoms with Crippen LogP contribution in [-0.2, 0) is 0 Å². The van der Waals surface area contributed by atoms with Crippen LogP contribution in [0.1, 0.15) is 30.7 Å². The summed E-state index contributed by atoms with van der Waals surface area (Å²) in [7, 11) is 0. The Morgan fingerprint density at radius 1 is 1.06 bits per heavy atom. The van der Waals surface area contributed by atoms with Crippen molar-refractivity contribution in [2.75, 3.05) is 13.1 Å². The second-order valence-corrected chi connectivity index (χ2v) is 4.61. The van der Waals surface area contributed by atoms with Crippen LogP contribution in [0.15, 0.2) is 55.3 Å². The van der Waals surface area contributed by atoms with E-state index in [1.54, 1.807) is 0 Å². The average molecular weight is 227 g/mol. The zero-order valence-corrected chi connectivity index (χ0v) is 10.4. The molecule has 1 aromatic rings. The lowest BCUT2D eigenvalue weighted by atomic mass is 9.99. The molecule has 0 saturated carbocycles. The van der Waals surface area contributed by atoms with Crippen molar-refractivity contribution >= 4 is 0 Å². The van der Waals surface area contributed by atoms with E-state index in [1.807, 2.05) is 6.08 Å². The summed E-state index contributed by atoms with van der Waals surface area (Å²) < 4.78 is 0. The van der Waals surface area contributed by atoms with Crippen LogP contribution in [0, 0.1) is 0 Å². The van der Waals surface area contributed by atoms with E-state index in [9.17, 15) is 0 Å². The van der Waals surface area contributed by atoms with Crippen molar-refractivity contribution in [2.24, 2.45) is 0 Å². The van der Waals surface area contributed by atoms with Crippen molar-refractivity contribution in [2.45, 2.75) is 25.2 Å². The number of benzene rings is 1. The Morgan fingerprint density at radius 3 is 2.41 bits per heavy atom. The van der Waals surface area contributed by atoms with Crippen LogP contribution < -0.4 is 0 Å². The van der Waals surface area contributed by atoms with Gasteiger partial charge in [-0.3, -0.25) is 0 Å². The van der Waals surface area contributed by atoms with E-state index in [2.05, 4.69) is 54.1 Å². The predicted octanol–water partition coefficient (Wildman–Crippen LogP) is 3.96. The highest BCUT2D eigenvalue weighted by Gasteiger charge is 2.07. The van der Waals surface area contributed by atoms with Crippen molar-refractivity contribution < 1.29 is 0 Å². The molecule has 2 rings (SSSR count). The monoisotopic (exact) mass is 227 g/mol. The minimum atomic E-state index is 0.332. The molecule has 1 fully saturated rings. The molecule has 0 aromatic heterocycles. The van der Waals surface area contributed by atoms with Crippen LogP contribution in [0.4, 0.5) is 0 Å². The third kappa shape index (κ3) is 3.48. The molecule has 1 unspecified atom stereocenters. The normalized spacial score (nSPS) is 18.2. The SMILES string of the molecule is C=CC(C=CN1CCCCC1)c1ccccc1. The average Bonchev–Trinajstić information content (AvgIpc) is 2.42. The van der Waals surface area contributed by atoms with Crippen molar-refractivity contribution in [1.82, 2.24) is 4.90 Å². The quantitative estimate of drug-likeness (QED) is 0.704. The van der Waals surface area contributed by atoms with E-state index in [0.717, 1.165) is 0 Å². The van der Waals surface area contributed by atoms with Gasteiger partial charge < -0.3 is 4.90 Å². The third-order valence-electron chi connectivity index (χ3n) is 3.33. The van der Waals surface area contributed by atoms with Crippen molar-refractivity contribution in [1.29, 1.82) is 0 Å². The van der Waals surface area contributed by atoms with Gasteiger partial charge in [-0.05, 0) is 31.0 Å². The van der Waals surface area contributed by atoms with E-state index >= 15 is 0 Å². The first-order chi connectivity index (χ1) is 8.40. The highest BCUT2D eigenvalue weighted by molar-refractivity contribution is 5.27. The number of hydrogen-bond acceptors (Lipinski definition) is 1. The van der Waals surface area contributed by atoms with Crippen molar-refractivity contribution in [3.63, 3.8) is 0 Å². The number of likely N-dealkylation sites (tertiary alicyclic amines) is 1. The molecule has 0 bridgehead atoms. The molecule has 1 aromatic carbocycles. The summed E-state index contributed by atoms with van der Waals surface area (Å²) in [5.74, 6) is 0.332. The van der Waals surface area contributed by atoms with Crippen molar-refractivity contribution in [3.8, 4) is 0 Å². The summed E-state index contributed by atoms with van der Waals surface area (Å²) in [6.07, 6.45) is 10.6. The Kier molecular flexibility index (Phi) is 4.43. The van der Waals surface area contributed by atoms with Gasteiger partial charge in [0.25, 0.3) is 0 Å². The molecule has 90 valence electrons. The number of allylic oxidation sites excluding steroid dienone is 2. The van der Waals surface area contributed by atoms with Crippen LogP contribution in [0.5, 0.6) is 0 Å². The first-order valence-corrected chi connectivity index (χ1v) is 6.50. The molecule has 0 spiro atoms. The topological polar surface area (TPSA) is 3.24 Å². The maximum atomic E-state index is 3.93. The smallest absolute Gasteiger partial charge is 0.0213 e. The first-order valence-electron chi connectivity index (χ1n) is 6.50. The van der Waals surface area contributed by atoms with Gasteiger partial charge in [0.1, 0.15) is 0 Å². The van der Waals surface area contributed by atoms with Gasteiger partial charge in [0, 0.05) is 19.0 Å². The van der Waals surface area contributed by atoms with Crippen LogP contribution >= 0.6 is 0 Å². The summed E-state index contributed by atoms with van der Waals surface area (Å²) >= 11 is 0. The maximum absolute atomic E-state index is 3.93. The second-order valence-electron chi connectivity index (χ2n) is 4.61. The molecule has 0 amide bonds. The Morgan fingerprint density at radius 2 is 1.76 bits per heavy atom. The van der Waals surface area contributed by atoms with E-state index in [-0.39, 0.29) is 0 Å². The van der Waals surface area contributed by atoms with Crippen LogP contribution in [0.2, 0.25) is 0 Å². The molecule has 1 saturated heterocycles. The predicted molar refractivity (Wildman–Crippen MR) is 73.9 cm³/mol. The fraction of sp³-hybridized carbons (Fsp3) is 0.375. The molecule has 1 aliphatic heterocycles. The minimum absolute atomic E-state index is 0.332. The zero-order valence-electron chi connectivity index (χ0n) is 10.4. The number of hydrogen-bond donors (Lipinski definition) is 0. The van der Waals surface area contributed by atoms with Gasteiger partial charge >= 0.3 is 0 Å². The van der Waals surface area contributed by atoms with Gasteiger partial charge in [-0.1, -0.05) is 42.5 Å². The lowest BCUT2D eigenvalue weighted by Crippen LogP contribution is -2.24.